The van der Waals surface area contributed by atoms with Crippen molar-refractivity contribution in [1.82, 2.24) is 15.2 Å². The summed E-state index contributed by atoms with van der Waals surface area (Å²) in [5, 5.41) is 30.2. The molecule has 2 aliphatic heterocycles. The first-order valence-electron chi connectivity index (χ1n) is 11.7. The first-order valence-corrected chi connectivity index (χ1v) is 11.7. The van der Waals surface area contributed by atoms with Gasteiger partial charge in [-0.1, -0.05) is 0 Å². The van der Waals surface area contributed by atoms with Crippen LogP contribution in [0.5, 0.6) is 0 Å². The predicted molar refractivity (Wildman–Crippen MR) is 127 cm³/mol. The number of aliphatic hydroxyl groups excluding tert-OH is 1. The van der Waals surface area contributed by atoms with Crippen molar-refractivity contribution in [2.75, 3.05) is 24.5 Å². The average Bonchev–Trinajstić information content (AvgIpc) is 2.80. The molecule has 0 spiro atoms. The minimum absolute atomic E-state index is 0.0572. The molecular formula is C24H31F3N6O3. The van der Waals surface area contributed by atoms with E-state index >= 15 is 0 Å². The molecule has 3 heterocycles. The number of pyridine rings is 1. The minimum atomic E-state index is -4.81. The quantitative estimate of drug-likeness (QED) is 0.520. The number of likely N-dealkylation sites (tertiary alicyclic amines) is 1. The van der Waals surface area contributed by atoms with E-state index in [4.69, 9.17) is 10.1 Å². The molecule has 1 aromatic heterocycles. The molecular weight excluding hydrogens is 477 g/mol. The third kappa shape index (κ3) is 6.07. The van der Waals surface area contributed by atoms with E-state index in [1.807, 2.05) is 0 Å². The number of carbonyl (C=O) groups is 1. The highest BCUT2D eigenvalue weighted by molar-refractivity contribution is 6.07. The molecule has 0 saturated carbocycles. The Morgan fingerprint density at radius 2 is 1.97 bits per heavy atom. The minimum Gasteiger partial charge on any atom is -0.444 e. The van der Waals surface area contributed by atoms with E-state index in [-0.39, 0.29) is 29.7 Å². The normalized spacial score (nSPS) is 21.5. The first-order chi connectivity index (χ1) is 16.7. The number of nitrogens with zero attached hydrogens (tertiary/aromatic N) is 4. The number of allylic oxidation sites excluding steroid dienone is 1. The highest BCUT2D eigenvalue weighted by Gasteiger charge is 2.41. The SMILES string of the molecule is C[C@H]1[C@H](O)CN1c1nc(/C(C=N)=C/NC2CCN(C(=O)OC(C)(C)C)CC2)cc(C(F)(F)F)c1C#N. The summed E-state index contributed by atoms with van der Waals surface area (Å²) in [6, 6.07) is 1.82. The van der Waals surface area contributed by atoms with Crippen LogP contribution in [-0.4, -0.2) is 70.7 Å². The van der Waals surface area contributed by atoms with Gasteiger partial charge in [0.05, 0.1) is 23.4 Å². The maximum Gasteiger partial charge on any atom is 0.417 e. The molecule has 196 valence electrons. The van der Waals surface area contributed by atoms with Crippen molar-refractivity contribution in [3.8, 4) is 6.07 Å². The van der Waals surface area contributed by atoms with E-state index in [0.717, 1.165) is 12.3 Å². The van der Waals surface area contributed by atoms with Gasteiger partial charge >= 0.3 is 12.3 Å². The second kappa shape index (κ2) is 10.3. The number of aromatic nitrogens is 1. The Morgan fingerprint density at radius 3 is 2.44 bits per heavy atom. The van der Waals surface area contributed by atoms with Crippen LogP contribution < -0.4 is 10.2 Å². The zero-order valence-electron chi connectivity index (χ0n) is 20.7. The Labute approximate surface area is 208 Å². The summed E-state index contributed by atoms with van der Waals surface area (Å²) in [5.41, 5.74) is -2.36. The van der Waals surface area contributed by atoms with Crippen molar-refractivity contribution in [2.24, 2.45) is 0 Å². The number of halogens is 3. The molecule has 3 N–H and O–H groups in total. The second-order valence-corrected chi connectivity index (χ2v) is 9.98. The van der Waals surface area contributed by atoms with Crippen molar-refractivity contribution in [3.05, 3.63) is 29.1 Å². The number of ether oxygens (including phenoxy) is 1. The van der Waals surface area contributed by atoms with Gasteiger partial charge < -0.3 is 30.4 Å². The fraction of sp³-hybridized carbons (Fsp3) is 0.583. The predicted octanol–water partition coefficient (Wildman–Crippen LogP) is 3.52. The number of piperidine rings is 1. The van der Waals surface area contributed by atoms with Crippen LogP contribution in [0.3, 0.4) is 0 Å². The molecule has 2 fully saturated rings. The molecule has 1 amide bonds. The topological polar surface area (TPSA) is 126 Å². The fourth-order valence-electron chi connectivity index (χ4n) is 4.04. The molecule has 12 heteroatoms. The van der Waals surface area contributed by atoms with E-state index in [9.17, 15) is 28.3 Å². The molecule has 3 rings (SSSR count). The van der Waals surface area contributed by atoms with Crippen molar-refractivity contribution in [1.29, 1.82) is 10.7 Å². The monoisotopic (exact) mass is 508 g/mol. The molecule has 0 radical (unpaired) electrons. The molecule has 2 atom stereocenters. The van der Waals surface area contributed by atoms with Gasteiger partial charge in [0.25, 0.3) is 0 Å². The Balaban J connectivity index is 1.81. The lowest BCUT2D eigenvalue weighted by molar-refractivity contribution is -0.137. The van der Waals surface area contributed by atoms with Crippen molar-refractivity contribution >= 4 is 23.7 Å². The van der Waals surface area contributed by atoms with Gasteiger partial charge in [-0.2, -0.15) is 18.4 Å². The zero-order valence-corrected chi connectivity index (χ0v) is 20.7. The highest BCUT2D eigenvalue weighted by atomic mass is 19.4. The van der Waals surface area contributed by atoms with Crippen LogP contribution in [0.25, 0.3) is 5.57 Å². The highest BCUT2D eigenvalue weighted by Crippen LogP contribution is 2.39. The van der Waals surface area contributed by atoms with Crippen LogP contribution in [0.2, 0.25) is 0 Å². The van der Waals surface area contributed by atoms with Gasteiger partial charge in [0.2, 0.25) is 0 Å². The van der Waals surface area contributed by atoms with Crippen LogP contribution in [0.4, 0.5) is 23.8 Å². The molecule has 36 heavy (non-hydrogen) atoms. The Hall–Kier alpha value is -3.33. The van der Waals surface area contributed by atoms with E-state index in [1.54, 1.807) is 38.7 Å². The van der Waals surface area contributed by atoms with Gasteiger partial charge in [-0.15, -0.1) is 0 Å². The number of hydrogen-bond donors (Lipinski definition) is 3. The van der Waals surface area contributed by atoms with E-state index in [0.29, 0.717) is 25.9 Å². The number of alkyl halides is 3. The number of β-amino-alcohol motifs (C(OH)–C–C–N with tert-alkyl or cyclic N) is 1. The van der Waals surface area contributed by atoms with Crippen LogP contribution >= 0.6 is 0 Å². The molecule has 2 aliphatic rings. The standard InChI is InChI=1S/C24H31F3N6O3/c1-14-20(34)13-33(14)21-17(11-29)18(24(25,26)27)9-19(31-21)15(10-28)12-30-16-5-7-32(8-6-16)22(35)36-23(2,3)4/h9-10,12,14,16,20,28,30,34H,5-8,13H2,1-4H3/b15-12+,28-10?/t14-,20+/m0/s1. The summed E-state index contributed by atoms with van der Waals surface area (Å²) >= 11 is 0. The number of nitriles is 1. The molecule has 0 aliphatic carbocycles. The third-order valence-corrected chi connectivity index (χ3v) is 6.19. The van der Waals surface area contributed by atoms with E-state index in [2.05, 4.69) is 10.3 Å². The summed E-state index contributed by atoms with van der Waals surface area (Å²) in [4.78, 5) is 19.6. The lowest BCUT2D eigenvalue weighted by Crippen LogP contribution is -2.59. The van der Waals surface area contributed by atoms with E-state index < -0.39 is 41.1 Å². The van der Waals surface area contributed by atoms with Crippen molar-refractivity contribution in [2.45, 2.75) is 70.5 Å². The smallest absolute Gasteiger partial charge is 0.417 e. The number of aliphatic hydroxyl groups is 1. The number of anilines is 1. The Kier molecular flexibility index (Phi) is 7.83. The molecule has 0 unspecified atom stereocenters. The number of nitrogens with one attached hydrogen (secondary N) is 2. The largest absolute Gasteiger partial charge is 0.444 e. The Bertz CT molecular complexity index is 1070. The summed E-state index contributed by atoms with van der Waals surface area (Å²) in [6.07, 6.45) is -2.42. The van der Waals surface area contributed by atoms with Gasteiger partial charge in [-0.05, 0) is 46.6 Å². The number of rotatable bonds is 5. The molecule has 0 bridgehead atoms. The molecule has 9 nitrogen and oxygen atoms in total. The number of carbonyl (C=O) groups excluding carboxylic acids is 1. The van der Waals surface area contributed by atoms with Gasteiger partial charge in [-0.3, -0.25) is 0 Å². The number of amides is 1. The van der Waals surface area contributed by atoms with E-state index in [1.165, 1.54) is 11.1 Å². The van der Waals surface area contributed by atoms with Crippen molar-refractivity contribution < 1.29 is 27.8 Å². The van der Waals surface area contributed by atoms with Crippen molar-refractivity contribution in [3.63, 3.8) is 0 Å². The lowest BCUT2D eigenvalue weighted by Gasteiger charge is -2.44. The third-order valence-electron chi connectivity index (χ3n) is 6.19. The molecule has 2 saturated heterocycles. The second-order valence-electron chi connectivity index (χ2n) is 9.98. The first kappa shape index (κ1) is 27.3. The molecule has 0 aromatic carbocycles. The average molecular weight is 509 g/mol. The fourth-order valence-corrected chi connectivity index (χ4v) is 4.04. The zero-order chi connectivity index (χ0) is 26.8. The maximum absolute atomic E-state index is 13.8. The summed E-state index contributed by atoms with van der Waals surface area (Å²) in [7, 11) is 0. The number of hydrogen-bond acceptors (Lipinski definition) is 8. The Morgan fingerprint density at radius 1 is 1.33 bits per heavy atom. The van der Waals surface area contributed by atoms with Gasteiger partial charge in [0, 0.05) is 43.7 Å². The van der Waals surface area contributed by atoms with Crippen LogP contribution in [0, 0.1) is 16.7 Å². The van der Waals surface area contributed by atoms with Gasteiger partial charge in [0.1, 0.15) is 23.1 Å². The van der Waals surface area contributed by atoms with Gasteiger partial charge in [-0.25, -0.2) is 9.78 Å². The van der Waals surface area contributed by atoms with Gasteiger partial charge in [0.15, 0.2) is 0 Å². The summed E-state index contributed by atoms with van der Waals surface area (Å²) in [5.74, 6) is -0.168. The lowest BCUT2D eigenvalue weighted by atomic mass is 9.98. The summed E-state index contributed by atoms with van der Waals surface area (Å²) in [6.45, 7) is 7.97. The summed E-state index contributed by atoms with van der Waals surface area (Å²) < 4.78 is 46.9. The van der Waals surface area contributed by atoms with Crippen LogP contribution in [-0.2, 0) is 10.9 Å². The maximum atomic E-state index is 13.8. The van der Waals surface area contributed by atoms with Crippen LogP contribution in [0.1, 0.15) is 57.4 Å². The van der Waals surface area contributed by atoms with Crippen LogP contribution in [0.15, 0.2) is 12.3 Å². The molecule has 1 aromatic rings.